The number of carboxylic acid groups (broad SMARTS) is 1. The maximum Gasteiger partial charge on any atom is 0.410 e. The smallest absolute Gasteiger partial charge is 0.410 e. The van der Waals surface area contributed by atoms with Gasteiger partial charge in [0.05, 0.1) is 5.92 Å². The summed E-state index contributed by atoms with van der Waals surface area (Å²) in [6.07, 6.45) is 0.537. The van der Waals surface area contributed by atoms with E-state index < -0.39 is 30.2 Å². The van der Waals surface area contributed by atoms with Crippen molar-refractivity contribution in [2.75, 3.05) is 6.54 Å². The van der Waals surface area contributed by atoms with Crippen molar-refractivity contribution in [3.63, 3.8) is 0 Å². The first-order chi connectivity index (χ1) is 10.6. The summed E-state index contributed by atoms with van der Waals surface area (Å²) in [5, 5.41) is 11.7. The lowest BCUT2D eigenvalue weighted by atomic mass is 9.86. The van der Waals surface area contributed by atoms with Crippen LogP contribution in [0.2, 0.25) is 0 Å². The second kappa shape index (κ2) is 10.9. The van der Waals surface area contributed by atoms with Gasteiger partial charge in [-0.25, -0.2) is 4.79 Å². The van der Waals surface area contributed by atoms with Gasteiger partial charge in [0.25, 0.3) is 0 Å². The molecule has 0 unspecified atom stereocenters. The number of esters is 1. The van der Waals surface area contributed by atoms with E-state index >= 15 is 0 Å². The zero-order chi connectivity index (χ0) is 18.0. The monoisotopic (exact) mass is 331 g/mol. The zero-order valence-corrected chi connectivity index (χ0v) is 14.6. The summed E-state index contributed by atoms with van der Waals surface area (Å²) in [7, 11) is 0. The summed E-state index contributed by atoms with van der Waals surface area (Å²) in [4.78, 5) is 33.7. The van der Waals surface area contributed by atoms with Gasteiger partial charge < -0.3 is 19.9 Å². The molecule has 0 saturated heterocycles. The number of hydrogen-bond acceptors (Lipinski definition) is 5. The Morgan fingerprint density at radius 3 is 2.13 bits per heavy atom. The van der Waals surface area contributed by atoms with Gasteiger partial charge in [0.2, 0.25) is 6.29 Å². The Bertz CT molecular complexity index is 396. The highest BCUT2D eigenvalue weighted by Gasteiger charge is 2.23. The highest BCUT2D eigenvalue weighted by atomic mass is 16.7. The van der Waals surface area contributed by atoms with Crippen molar-refractivity contribution >= 4 is 18.0 Å². The molecule has 7 nitrogen and oxygen atoms in total. The molecule has 0 aromatic carbocycles. The van der Waals surface area contributed by atoms with Gasteiger partial charge >= 0.3 is 18.0 Å². The average molecular weight is 331 g/mol. The van der Waals surface area contributed by atoms with Crippen LogP contribution in [0.25, 0.3) is 0 Å². The summed E-state index contributed by atoms with van der Waals surface area (Å²) >= 11 is 0. The molecule has 0 aliphatic rings. The first-order valence-corrected chi connectivity index (χ1v) is 8.00. The van der Waals surface area contributed by atoms with E-state index in [1.54, 1.807) is 0 Å². The van der Waals surface area contributed by atoms with Gasteiger partial charge in [-0.05, 0) is 24.7 Å². The van der Waals surface area contributed by atoms with Crippen LogP contribution in [0.15, 0.2) is 0 Å². The molecule has 23 heavy (non-hydrogen) atoms. The van der Waals surface area contributed by atoms with Crippen molar-refractivity contribution in [3.05, 3.63) is 0 Å². The molecule has 0 aromatic heterocycles. The molecule has 0 spiro atoms. The minimum Gasteiger partial charge on any atom is -0.481 e. The predicted molar refractivity (Wildman–Crippen MR) is 84.7 cm³/mol. The van der Waals surface area contributed by atoms with E-state index in [0.717, 1.165) is 12.8 Å². The van der Waals surface area contributed by atoms with Crippen LogP contribution in [-0.4, -0.2) is 36.0 Å². The molecule has 134 valence electrons. The summed E-state index contributed by atoms with van der Waals surface area (Å²) in [6, 6.07) is 0. The Balaban J connectivity index is 4.40. The molecule has 0 bridgehead atoms. The maximum atomic E-state index is 11.6. The number of carboxylic acids is 1. The van der Waals surface area contributed by atoms with Crippen molar-refractivity contribution in [2.45, 2.75) is 60.2 Å². The molecule has 0 saturated carbocycles. The van der Waals surface area contributed by atoms with E-state index in [1.165, 1.54) is 13.8 Å². The van der Waals surface area contributed by atoms with Crippen molar-refractivity contribution in [1.82, 2.24) is 5.32 Å². The normalized spacial score (nSPS) is 14.7. The molecular formula is C16H29NO6. The molecule has 0 aliphatic carbocycles. The quantitative estimate of drug-likeness (QED) is 0.471. The van der Waals surface area contributed by atoms with E-state index in [1.807, 2.05) is 6.92 Å². The highest BCUT2D eigenvalue weighted by molar-refractivity contribution is 5.72. The minimum atomic E-state index is -1.01. The zero-order valence-electron chi connectivity index (χ0n) is 14.6. The second-order valence-corrected chi connectivity index (χ2v) is 6.14. The molecule has 2 N–H and O–H groups in total. The van der Waals surface area contributed by atoms with Crippen molar-refractivity contribution < 1.29 is 29.0 Å². The van der Waals surface area contributed by atoms with Gasteiger partial charge in [-0.2, -0.15) is 0 Å². The highest BCUT2D eigenvalue weighted by Crippen LogP contribution is 2.23. The molecule has 7 heteroatoms. The maximum absolute atomic E-state index is 11.6. The fraction of sp³-hybridized carbons (Fsp3) is 0.812. The molecular weight excluding hydrogens is 302 g/mol. The molecule has 1 amide bonds. The first kappa shape index (κ1) is 21.2. The summed E-state index contributed by atoms with van der Waals surface area (Å²) in [5.74, 6) is -1.38. The topological polar surface area (TPSA) is 102 Å². The Hall–Kier alpha value is -1.79. The Kier molecular flexibility index (Phi) is 10.0. The van der Waals surface area contributed by atoms with Crippen LogP contribution in [-0.2, 0) is 19.1 Å². The lowest BCUT2D eigenvalue weighted by molar-refractivity contribution is -0.162. The molecule has 3 atom stereocenters. The molecule has 0 radical (unpaired) electrons. The molecule has 0 aromatic rings. The second-order valence-electron chi connectivity index (χ2n) is 6.14. The van der Waals surface area contributed by atoms with Gasteiger partial charge in [-0.3, -0.25) is 9.59 Å². The van der Waals surface area contributed by atoms with E-state index in [2.05, 4.69) is 23.9 Å². The lowest BCUT2D eigenvalue weighted by Gasteiger charge is -2.22. The summed E-state index contributed by atoms with van der Waals surface area (Å²) in [6.45, 7) is 8.84. The van der Waals surface area contributed by atoms with Crippen molar-refractivity contribution in [3.8, 4) is 0 Å². The van der Waals surface area contributed by atoms with Gasteiger partial charge in [-0.1, -0.05) is 27.2 Å². The van der Waals surface area contributed by atoms with Crippen molar-refractivity contribution in [2.24, 2.45) is 17.8 Å². The van der Waals surface area contributed by atoms with Crippen molar-refractivity contribution in [1.29, 1.82) is 0 Å². The summed E-state index contributed by atoms with van der Waals surface area (Å²) in [5.41, 5.74) is 0. The van der Waals surface area contributed by atoms with Gasteiger partial charge in [0.1, 0.15) is 0 Å². The minimum absolute atomic E-state index is 0.0183. The SMILES string of the molecule is CC[C@H](CC(C)C)C[C@H](CNC(=O)O[C@H](C)OC(C)=O)C(=O)O. The number of alkyl carbamates (subject to hydrolysis) is 1. The fourth-order valence-electron chi connectivity index (χ4n) is 2.43. The third kappa shape index (κ3) is 10.5. The number of ether oxygens (including phenoxy) is 2. The fourth-order valence-corrected chi connectivity index (χ4v) is 2.43. The van der Waals surface area contributed by atoms with Crippen LogP contribution in [0, 0.1) is 17.8 Å². The third-order valence-electron chi connectivity index (χ3n) is 3.45. The van der Waals surface area contributed by atoms with Crippen LogP contribution in [0.3, 0.4) is 0 Å². The Morgan fingerprint density at radius 2 is 1.70 bits per heavy atom. The summed E-state index contributed by atoms with van der Waals surface area (Å²) < 4.78 is 9.46. The van der Waals surface area contributed by atoms with Crippen LogP contribution >= 0.6 is 0 Å². The van der Waals surface area contributed by atoms with E-state index in [9.17, 15) is 19.5 Å². The van der Waals surface area contributed by atoms with Crippen LogP contribution < -0.4 is 5.32 Å². The molecule has 0 heterocycles. The standard InChI is InChI=1S/C16H29NO6/c1-6-13(7-10(2)3)8-14(15(19)20)9-17-16(21)23-12(5)22-11(4)18/h10,12-14H,6-9H2,1-5H3,(H,17,21)(H,19,20)/t12-,13-,14-/m1/s1. The molecule has 0 fully saturated rings. The van der Waals surface area contributed by atoms with Gasteiger partial charge in [-0.15, -0.1) is 0 Å². The van der Waals surface area contributed by atoms with Gasteiger partial charge in [0, 0.05) is 20.4 Å². The number of hydrogen-bond donors (Lipinski definition) is 2. The van der Waals surface area contributed by atoms with E-state index in [0.29, 0.717) is 18.3 Å². The van der Waals surface area contributed by atoms with Crippen LogP contribution in [0.1, 0.15) is 53.9 Å². The van der Waals surface area contributed by atoms with E-state index in [4.69, 9.17) is 4.74 Å². The van der Waals surface area contributed by atoms with Crippen LogP contribution in [0.4, 0.5) is 4.79 Å². The average Bonchev–Trinajstić information content (AvgIpc) is 2.39. The predicted octanol–water partition coefficient (Wildman–Crippen LogP) is 2.78. The largest absolute Gasteiger partial charge is 0.481 e. The number of nitrogens with one attached hydrogen (secondary N) is 1. The van der Waals surface area contributed by atoms with E-state index in [-0.39, 0.29) is 6.54 Å². The molecule has 0 aliphatic heterocycles. The number of amides is 1. The third-order valence-corrected chi connectivity index (χ3v) is 3.45. The first-order valence-electron chi connectivity index (χ1n) is 8.00. The number of carbonyl (C=O) groups is 3. The molecule has 0 rings (SSSR count). The number of aliphatic carboxylic acids is 1. The van der Waals surface area contributed by atoms with Crippen LogP contribution in [0.5, 0.6) is 0 Å². The number of carbonyl (C=O) groups excluding carboxylic acids is 2. The Morgan fingerprint density at radius 1 is 1.09 bits per heavy atom. The van der Waals surface area contributed by atoms with Gasteiger partial charge in [0.15, 0.2) is 0 Å². The Labute approximate surface area is 137 Å². The lowest BCUT2D eigenvalue weighted by Crippen LogP contribution is -2.36. The number of rotatable bonds is 10.